The predicted octanol–water partition coefficient (Wildman–Crippen LogP) is 2.99. The highest BCUT2D eigenvalue weighted by Crippen LogP contribution is 2.38. The second-order valence-corrected chi connectivity index (χ2v) is 6.79. The van der Waals surface area contributed by atoms with Crippen LogP contribution >= 0.6 is 11.6 Å². The molecule has 158 valence electrons. The van der Waals surface area contributed by atoms with Crippen molar-refractivity contribution < 1.29 is 18.0 Å². The van der Waals surface area contributed by atoms with Gasteiger partial charge in [-0.05, 0) is 24.6 Å². The molecular formula is C18H12ClF3N8O. The molecule has 4 aromatic rings. The van der Waals surface area contributed by atoms with Crippen LogP contribution in [-0.2, 0) is 6.18 Å². The fourth-order valence-corrected chi connectivity index (χ4v) is 3.14. The summed E-state index contributed by atoms with van der Waals surface area (Å²) in [5.74, 6) is -1.30. The summed E-state index contributed by atoms with van der Waals surface area (Å²) in [4.78, 5) is 21.3. The molecule has 9 nitrogen and oxygen atoms in total. The number of nitrogens with zero attached hydrogens (tertiary/aromatic N) is 7. The van der Waals surface area contributed by atoms with E-state index in [0.717, 1.165) is 10.4 Å². The van der Waals surface area contributed by atoms with E-state index in [2.05, 4.69) is 25.3 Å². The van der Waals surface area contributed by atoms with E-state index in [1.54, 1.807) is 13.0 Å². The van der Waals surface area contributed by atoms with Gasteiger partial charge < -0.3 is 5.73 Å². The molecule has 0 aliphatic heterocycles. The van der Waals surface area contributed by atoms with Gasteiger partial charge in [-0.1, -0.05) is 17.7 Å². The summed E-state index contributed by atoms with van der Waals surface area (Å²) in [7, 11) is 0. The van der Waals surface area contributed by atoms with Crippen molar-refractivity contribution in [2.75, 3.05) is 0 Å². The quantitative estimate of drug-likeness (QED) is 0.513. The van der Waals surface area contributed by atoms with Gasteiger partial charge in [0.1, 0.15) is 5.69 Å². The van der Waals surface area contributed by atoms with Crippen molar-refractivity contribution in [3.8, 4) is 22.9 Å². The van der Waals surface area contributed by atoms with Crippen LogP contribution in [0.5, 0.6) is 0 Å². The zero-order valence-electron chi connectivity index (χ0n) is 15.7. The minimum Gasteiger partial charge on any atom is -0.365 e. The Morgan fingerprint density at radius 3 is 2.39 bits per heavy atom. The third-order valence-corrected chi connectivity index (χ3v) is 4.49. The maximum atomic E-state index is 13.9. The first-order valence-corrected chi connectivity index (χ1v) is 9.00. The van der Waals surface area contributed by atoms with Gasteiger partial charge in [-0.15, -0.1) is 4.80 Å². The topological polar surface area (TPSA) is 117 Å². The normalized spacial score (nSPS) is 11.6. The molecule has 0 fully saturated rings. The summed E-state index contributed by atoms with van der Waals surface area (Å²) in [6.07, 6.45) is 0.446. The first kappa shape index (κ1) is 20.5. The Bertz CT molecular complexity index is 1270. The highest BCUT2D eigenvalue weighted by atomic mass is 35.5. The zero-order valence-corrected chi connectivity index (χ0v) is 16.4. The van der Waals surface area contributed by atoms with Crippen LogP contribution in [0.2, 0.25) is 5.02 Å². The van der Waals surface area contributed by atoms with E-state index in [1.807, 2.05) is 0 Å². The van der Waals surface area contributed by atoms with Crippen LogP contribution in [0, 0.1) is 6.92 Å². The Hall–Kier alpha value is -3.80. The first-order valence-electron chi connectivity index (χ1n) is 8.62. The molecule has 0 aliphatic rings. The molecule has 0 saturated carbocycles. The summed E-state index contributed by atoms with van der Waals surface area (Å²) in [5, 5.41) is 11.8. The Balaban J connectivity index is 1.95. The number of hydrogen-bond donors (Lipinski definition) is 1. The SMILES string of the molecule is Cc1ccc(-n2nc(-c3cnc(-n4nccn4)c(Cl)c3)c(C(N)=O)c2C(F)(F)F)nc1. The minimum absolute atomic E-state index is 0.0284. The number of carbonyl (C=O) groups excluding carboxylic acids is 1. The number of nitrogens with two attached hydrogens (primary N) is 1. The second kappa shape index (κ2) is 7.47. The molecule has 0 radical (unpaired) electrons. The van der Waals surface area contributed by atoms with Crippen LogP contribution in [0.15, 0.2) is 43.0 Å². The van der Waals surface area contributed by atoms with Crippen LogP contribution in [0.1, 0.15) is 21.6 Å². The molecule has 0 spiro atoms. The van der Waals surface area contributed by atoms with Crippen LogP contribution in [0.4, 0.5) is 13.2 Å². The fraction of sp³-hybridized carbons (Fsp3) is 0.111. The third kappa shape index (κ3) is 3.72. The largest absolute Gasteiger partial charge is 0.434 e. The maximum absolute atomic E-state index is 13.9. The first-order chi connectivity index (χ1) is 14.7. The van der Waals surface area contributed by atoms with Crippen LogP contribution in [0.25, 0.3) is 22.9 Å². The average molecular weight is 449 g/mol. The summed E-state index contributed by atoms with van der Waals surface area (Å²) in [6.45, 7) is 1.73. The molecular weight excluding hydrogens is 437 g/mol. The number of rotatable bonds is 4. The van der Waals surface area contributed by atoms with E-state index < -0.39 is 23.3 Å². The molecule has 2 N–H and O–H groups in total. The smallest absolute Gasteiger partial charge is 0.365 e. The number of aromatic nitrogens is 7. The van der Waals surface area contributed by atoms with Crippen molar-refractivity contribution in [1.29, 1.82) is 0 Å². The number of halogens is 4. The molecule has 4 aromatic heterocycles. The number of aryl methyl sites for hydroxylation is 1. The van der Waals surface area contributed by atoms with Crippen molar-refractivity contribution in [2.24, 2.45) is 5.73 Å². The van der Waals surface area contributed by atoms with Gasteiger partial charge in [-0.2, -0.15) is 28.5 Å². The molecule has 0 aromatic carbocycles. The molecule has 0 bridgehead atoms. The second-order valence-electron chi connectivity index (χ2n) is 6.39. The van der Waals surface area contributed by atoms with Gasteiger partial charge in [0, 0.05) is 18.0 Å². The van der Waals surface area contributed by atoms with E-state index in [-0.39, 0.29) is 27.9 Å². The summed E-state index contributed by atoms with van der Waals surface area (Å²) < 4.78 is 42.3. The Morgan fingerprint density at radius 2 is 1.84 bits per heavy atom. The van der Waals surface area contributed by atoms with E-state index in [4.69, 9.17) is 17.3 Å². The molecule has 0 aliphatic carbocycles. The average Bonchev–Trinajstić information content (AvgIpc) is 3.36. The molecule has 1 amide bonds. The molecule has 13 heteroatoms. The van der Waals surface area contributed by atoms with Gasteiger partial charge in [-0.3, -0.25) is 4.79 Å². The Labute approximate surface area is 177 Å². The highest BCUT2D eigenvalue weighted by Gasteiger charge is 2.42. The Morgan fingerprint density at radius 1 is 1.13 bits per heavy atom. The molecule has 0 saturated heterocycles. The van der Waals surface area contributed by atoms with Crippen molar-refractivity contribution >= 4 is 17.5 Å². The summed E-state index contributed by atoms with van der Waals surface area (Å²) in [5.41, 5.74) is 3.60. The van der Waals surface area contributed by atoms with E-state index in [0.29, 0.717) is 4.68 Å². The predicted molar refractivity (Wildman–Crippen MR) is 103 cm³/mol. The molecule has 0 atom stereocenters. The summed E-state index contributed by atoms with van der Waals surface area (Å²) in [6, 6.07) is 4.22. The third-order valence-electron chi connectivity index (χ3n) is 4.22. The van der Waals surface area contributed by atoms with Gasteiger partial charge >= 0.3 is 6.18 Å². The maximum Gasteiger partial charge on any atom is 0.434 e. The van der Waals surface area contributed by atoms with Gasteiger partial charge in [0.15, 0.2) is 17.3 Å². The fourth-order valence-electron chi connectivity index (χ4n) is 2.90. The standard InChI is InChI=1S/C18H12ClF3N8O/c1-9-2-3-12(24-7-9)29-15(18(20,21)22)13(16(23)31)14(28-29)10-6-11(19)17(25-8-10)30-26-4-5-27-30/h2-8H,1H3,(H2,23,31). The zero-order chi connectivity index (χ0) is 22.3. The lowest BCUT2D eigenvalue weighted by molar-refractivity contribution is -0.143. The molecule has 0 unspecified atom stereocenters. The highest BCUT2D eigenvalue weighted by molar-refractivity contribution is 6.32. The molecule has 4 rings (SSSR count). The van der Waals surface area contributed by atoms with Crippen molar-refractivity contribution in [3.05, 3.63) is 64.8 Å². The lowest BCUT2D eigenvalue weighted by Gasteiger charge is -2.11. The number of amides is 1. The van der Waals surface area contributed by atoms with Gasteiger partial charge in [0.05, 0.1) is 23.0 Å². The van der Waals surface area contributed by atoms with Crippen molar-refractivity contribution in [3.63, 3.8) is 0 Å². The van der Waals surface area contributed by atoms with Crippen molar-refractivity contribution in [1.82, 2.24) is 34.7 Å². The minimum atomic E-state index is -4.95. The van der Waals surface area contributed by atoms with Gasteiger partial charge in [0.25, 0.3) is 5.91 Å². The lowest BCUT2D eigenvalue weighted by atomic mass is 10.1. The number of pyridine rings is 2. The molecule has 4 heterocycles. The van der Waals surface area contributed by atoms with E-state index >= 15 is 0 Å². The van der Waals surface area contributed by atoms with Gasteiger partial charge in [0.2, 0.25) is 0 Å². The number of hydrogen-bond acceptors (Lipinski definition) is 6. The molecule has 31 heavy (non-hydrogen) atoms. The van der Waals surface area contributed by atoms with E-state index in [9.17, 15) is 18.0 Å². The van der Waals surface area contributed by atoms with E-state index in [1.165, 1.54) is 36.9 Å². The number of carbonyl (C=O) groups is 1. The Kier molecular flexibility index (Phi) is 4.93. The number of alkyl halides is 3. The van der Waals surface area contributed by atoms with Crippen molar-refractivity contribution in [2.45, 2.75) is 13.1 Å². The van der Waals surface area contributed by atoms with Crippen LogP contribution in [0.3, 0.4) is 0 Å². The van der Waals surface area contributed by atoms with Crippen LogP contribution in [-0.4, -0.2) is 40.6 Å². The summed E-state index contributed by atoms with van der Waals surface area (Å²) >= 11 is 6.22. The monoisotopic (exact) mass is 448 g/mol. The van der Waals surface area contributed by atoms with Gasteiger partial charge in [-0.25, -0.2) is 14.6 Å². The lowest BCUT2D eigenvalue weighted by Crippen LogP contribution is -2.21. The number of primary amides is 1. The van der Waals surface area contributed by atoms with Crippen LogP contribution < -0.4 is 5.73 Å².